The predicted molar refractivity (Wildman–Crippen MR) is 121 cm³/mol. The second kappa shape index (κ2) is 9.23. The van der Waals surface area contributed by atoms with Gasteiger partial charge in [-0.15, -0.1) is 0 Å². The maximum Gasteiger partial charge on any atom is 0.259 e. The van der Waals surface area contributed by atoms with Crippen molar-refractivity contribution < 1.29 is 9.18 Å². The Morgan fingerprint density at radius 1 is 0.774 bits per heavy atom. The van der Waals surface area contributed by atoms with E-state index >= 15 is 0 Å². The molecule has 0 unspecified atom stereocenters. The Labute approximate surface area is 183 Å². The summed E-state index contributed by atoms with van der Waals surface area (Å²) in [5, 5.41) is 9.70. The molecule has 4 rings (SSSR count). The maximum atomic E-state index is 13.2. The summed E-state index contributed by atoms with van der Waals surface area (Å²) in [4.78, 5) is 21.6. The molecular formula is C23H17ClFN5O. The summed E-state index contributed by atoms with van der Waals surface area (Å²) in [5.41, 5.74) is 2.21. The van der Waals surface area contributed by atoms with Gasteiger partial charge in [-0.1, -0.05) is 11.6 Å². The number of carbonyl (C=O) groups is 1. The summed E-state index contributed by atoms with van der Waals surface area (Å²) in [6, 6.07) is 19.7. The average molecular weight is 434 g/mol. The van der Waals surface area contributed by atoms with Crippen LogP contribution >= 0.6 is 11.6 Å². The van der Waals surface area contributed by atoms with Gasteiger partial charge in [-0.2, -0.15) is 0 Å². The molecule has 31 heavy (non-hydrogen) atoms. The summed E-state index contributed by atoms with van der Waals surface area (Å²) < 4.78 is 13.2. The van der Waals surface area contributed by atoms with Gasteiger partial charge in [0.1, 0.15) is 11.6 Å². The van der Waals surface area contributed by atoms with Gasteiger partial charge in [0.15, 0.2) is 5.82 Å². The van der Waals surface area contributed by atoms with Crippen molar-refractivity contribution in [3.8, 4) is 0 Å². The van der Waals surface area contributed by atoms with Crippen LogP contribution in [-0.2, 0) is 0 Å². The number of rotatable bonds is 6. The van der Waals surface area contributed by atoms with Gasteiger partial charge in [-0.05, 0) is 72.8 Å². The lowest BCUT2D eigenvalue weighted by Gasteiger charge is -2.14. The van der Waals surface area contributed by atoms with Gasteiger partial charge < -0.3 is 16.0 Å². The third kappa shape index (κ3) is 5.15. The summed E-state index contributed by atoms with van der Waals surface area (Å²) in [6.45, 7) is 0. The Morgan fingerprint density at radius 2 is 1.35 bits per heavy atom. The van der Waals surface area contributed by atoms with Crippen molar-refractivity contribution >= 4 is 46.2 Å². The summed E-state index contributed by atoms with van der Waals surface area (Å²) in [7, 11) is 0. The highest BCUT2D eigenvalue weighted by Crippen LogP contribution is 2.26. The number of amides is 1. The fraction of sp³-hybridized carbons (Fsp3) is 0. The number of hydrogen-bond donors (Lipinski definition) is 3. The molecule has 0 spiro atoms. The van der Waals surface area contributed by atoms with Crippen LogP contribution in [0.5, 0.6) is 0 Å². The van der Waals surface area contributed by atoms with Crippen molar-refractivity contribution in [3.63, 3.8) is 0 Å². The molecule has 0 aliphatic rings. The number of hydrogen-bond acceptors (Lipinski definition) is 5. The van der Waals surface area contributed by atoms with E-state index in [9.17, 15) is 9.18 Å². The Kier molecular flexibility index (Phi) is 6.05. The Hall–Kier alpha value is -3.97. The highest BCUT2D eigenvalue weighted by Gasteiger charge is 2.15. The van der Waals surface area contributed by atoms with Gasteiger partial charge in [-0.3, -0.25) is 4.79 Å². The first kappa shape index (κ1) is 20.3. The van der Waals surface area contributed by atoms with Crippen molar-refractivity contribution in [2.45, 2.75) is 0 Å². The van der Waals surface area contributed by atoms with Crippen LogP contribution in [0.4, 0.5) is 33.1 Å². The number of nitrogens with one attached hydrogen (secondary N) is 3. The van der Waals surface area contributed by atoms with Crippen LogP contribution < -0.4 is 16.0 Å². The summed E-state index contributed by atoms with van der Waals surface area (Å²) >= 11 is 5.93. The van der Waals surface area contributed by atoms with Gasteiger partial charge >= 0.3 is 0 Å². The van der Waals surface area contributed by atoms with Crippen molar-refractivity contribution in [3.05, 3.63) is 102 Å². The first-order chi connectivity index (χ1) is 15.1. The number of halogens is 2. The molecule has 8 heteroatoms. The lowest BCUT2D eigenvalue weighted by molar-refractivity contribution is 0.102. The van der Waals surface area contributed by atoms with Gasteiger partial charge in [-0.25, -0.2) is 14.4 Å². The maximum absolute atomic E-state index is 13.2. The van der Waals surface area contributed by atoms with Crippen LogP contribution in [0.1, 0.15) is 10.4 Å². The first-order valence-corrected chi connectivity index (χ1v) is 9.73. The molecule has 0 radical (unpaired) electrons. The molecule has 0 fully saturated rings. The molecule has 3 N–H and O–H groups in total. The van der Waals surface area contributed by atoms with E-state index in [1.54, 1.807) is 60.9 Å². The minimum atomic E-state index is -0.370. The monoisotopic (exact) mass is 433 g/mol. The molecule has 2 heterocycles. The summed E-state index contributed by atoms with van der Waals surface area (Å²) in [6.07, 6.45) is 3.19. The van der Waals surface area contributed by atoms with E-state index < -0.39 is 0 Å². The zero-order valence-electron chi connectivity index (χ0n) is 16.1. The van der Waals surface area contributed by atoms with Crippen molar-refractivity contribution in [2.24, 2.45) is 0 Å². The fourth-order valence-electron chi connectivity index (χ4n) is 2.82. The van der Waals surface area contributed by atoms with E-state index in [-0.39, 0.29) is 11.7 Å². The van der Waals surface area contributed by atoms with E-state index in [0.29, 0.717) is 33.6 Å². The van der Waals surface area contributed by atoms with Crippen LogP contribution in [-0.4, -0.2) is 15.9 Å². The van der Waals surface area contributed by atoms with Crippen LogP contribution in [0.2, 0.25) is 5.02 Å². The molecule has 0 saturated carbocycles. The van der Waals surface area contributed by atoms with E-state index in [1.807, 2.05) is 12.1 Å². The number of benzene rings is 2. The minimum Gasteiger partial charge on any atom is -0.340 e. The van der Waals surface area contributed by atoms with Crippen LogP contribution in [0.15, 0.2) is 85.2 Å². The zero-order valence-corrected chi connectivity index (χ0v) is 16.9. The molecule has 0 saturated heterocycles. The molecule has 4 aromatic rings. The summed E-state index contributed by atoms with van der Waals surface area (Å²) in [5.74, 6) is 0.115. The van der Waals surface area contributed by atoms with Crippen molar-refractivity contribution in [1.29, 1.82) is 0 Å². The van der Waals surface area contributed by atoms with Crippen LogP contribution in [0.25, 0.3) is 0 Å². The van der Waals surface area contributed by atoms with Crippen molar-refractivity contribution in [1.82, 2.24) is 9.97 Å². The fourth-order valence-corrected chi connectivity index (χ4v) is 2.95. The molecule has 6 nitrogen and oxygen atoms in total. The van der Waals surface area contributed by atoms with Crippen LogP contribution in [0, 0.1) is 5.82 Å². The zero-order chi connectivity index (χ0) is 21.6. The lowest BCUT2D eigenvalue weighted by atomic mass is 10.2. The molecular weight excluding hydrogens is 417 g/mol. The third-order valence-corrected chi connectivity index (χ3v) is 4.57. The van der Waals surface area contributed by atoms with Crippen LogP contribution in [0.3, 0.4) is 0 Å². The highest BCUT2D eigenvalue weighted by molar-refractivity contribution is 6.30. The Balaban J connectivity index is 1.55. The van der Waals surface area contributed by atoms with E-state index in [2.05, 4.69) is 25.9 Å². The largest absolute Gasteiger partial charge is 0.340 e. The minimum absolute atomic E-state index is 0.327. The van der Waals surface area contributed by atoms with Gasteiger partial charge in [0.2, 0.25) is 0 Å². The van der Waals surface area contributed by atoms with E-state index in [4.69, 9.17) is 11.6 Å². The number of aromatic nitrogens is 2. The number of anilines is 5. The molecule has 2 aromatic carbocycles. The number of nitrogens with zero attached hydrogens (tertiary/aromatic N) is 2. The second-order valence-corrected chi connectivity index (χ2v) is 6.95. The second-order valence-electron chi connectivity index (χ2n) is 6.52. The molecule has 154 valence electrons. The van der Waals surface area contributed by atoms with E-state index in [1.165, 1.54) is 12.1 Å². The standard InChI is InChI=1S/C23H17ClFN5O/c24-15-5-9-17(10-6-15)29-22-20(4-2-14-27-22)30-23(31)19-3-1-13-26-21(19)28-18-11-7-16(25)8-12-18/h1-14H,(H,26,28)(H,27,29)(H,30,31). The van der Waals surface area contributed by atoms with Gasteiger partial charge in [0, 0.05) is 28.8 Å². The quantitative estimate of drug-likeness (QED) is 0.347. The molecule has 2 aromatic heterocycles. The Morgan fingerprint density at radius 3 is 2.06 bits per heavy atom. The first-order valence-electron chi connectivity index (χ1n) is 9.35. The highest BCUT2D eigenvalue weighted by atomic mass is 35.5. The topological polar surface area (TPSA) is 78.9 Å². The lowest BCUT2D eigenvalue weighted by Crippen LogP contribution is -2.16. The van der Waals surface area contributed by atoms with Gasteiger partial charge in [0.05, 0.1) is 11.3 Å². The normalized spacial score (nSPS) is 10.4. The molecule has 0 aliphatic carbocycles. The molecule has 0 atom stereocenters. The van der Waals surface area contributed by atoms with Crippen molar-refractivity contribution in [2.75, 3.05) is 16.0 Å². The van der Waals surface area contributed by atoms with Gasteiger partial charge in [0.25, 0.3) is 5.91 Å². The predicted octanol–water partition coefficient (Wildman–Crippen LogP) is 6.01. The molecule has 0 bridgehead atoms. The number of pyridine rings is 2. The molecule has 0 aliphatic heterocycles. The third-order valence-electron chi connectivity index (χ3n) is 4.32. The number of carbonyl (C=O) groups excluding carboxylic acids is 1. The van der Waals surface area contributed by atoms with E-state index in [0.717, 1.165) is 5.69 Å². The molecule has 1 amide bonds. The SMILES string of the molecule is O=C(Nc1cccnc1Nc1ccc(Cl)cc1)c1cccnc1Nc1ccc(F)cc1. The smallest absolute Gasteiger partial charge is 0.259 e. The average Bonchev–Trinajstić information content (AvgIpc) is 2.78. The Bertz CT molecular complexity index is 1200.